The second kappa shape index (κ2) is 43.2. The first-order valence-corrected chi connectivity index (χ1v) is 26.9. The normalized spacial score (nSPS) is 11.5. The summed E-state index contributed by atoms with van der Waals surface area (Å²) in [6.45, 7) is -2.53. The monoisotopic (exact) mass is 1020 g/mol. The van der Waals surface area contributed by atoms with Gasteiger partial charge in [0.05, 0.1) is 24.0 Å². The fourth-order valence-corrected chi connectivity index (χ4v) is 7.33. The van der Waals surface area contributed by atoms with Crippen LogP contribution in [-0.2, 0) is 61.9 Å². The molecule has 0 saturated heterocycles. The molecule has 0 unspecified atom stereocenters. The van der Waals surface area contributed by atoms with Crippen LogP contribution in [0.2, 0.25) is 0 Å². The summed E-state index contributed by atoms with van der Waals surface area (Å²) in [5.41, 5.74) is -2.77. The molecule has 64 heavy (non-hydrogen) atoms. The van der Waals surface area contributed by atoms with Gasteiger partial charge in [-0.3, -0.25) is 28.8 Å². The topological polar surface area (TPSA) is 167 Å². The Morgan fingerprint density at radius 3 is 0.609 bits per heavy atom. The minimum absolute atomic E-state index is 0.122. The number of rotatable bonds is 45. The number of thiol groups is 6. The molecule has 0 N–H and O–H groups in total. The molecule has 0 heterocycles. The van der Waals surface area contributed by atoms with Crippen molar-refractivity contribution < 1.29 is 61.9 Å². The summed E-state index contributed by atoms with van der Waals surface area (Å²) >= 11 is 25.5. The van der Waals surface area contributed by atoms with Crippen molar-refractivity contribution in [3.05, 3.63) is 0 Å². The average molecular weight is 1020 g/mol. The Balaban J connectivity index is 6.84. The maximum Gasteiger partial charge on any atom is 0.305 e. The van der Waals surface area contributed by atoms with Crippen molar-refractivity contribution in [1.29, 1.82) is 0 Å². The molecule has 19 heteroatoms. The largest absolute Gasteiger partial charge is 0.465 e. The summed E-state index contributed by atoms with van der Waals surface area (Å²) < 4.78 is 41.1. The van der Waals surface area contributed by atoms with E-state index in [-0.39, 0.29) is 91.4 Å². The van der Waals surface area contributed by atoms with Gasteiger partial charge in [0, 0.05) is 38.5 Å². The fourth-order valence-electron chi connectivity index (χ4n) is 5.99. The van der Waals surface area contributed by atoms with Gasteiger partial charge >= 0.3 is 35.8 Å². The number of hydrogen-bond donors (Lipinski definition) is 6. The van der Waals surface area contributed by atoms with Gasteiger partial charge in [-0.1, -0.05) is 32.1 Å². The average Bonchev–Trinajstić information content (AvgIpc) is 3.29. The highest BCUT2D eigenvalue weighted by molar-refractivity contribution is 7.81. The van der Waals surface area contributed by atoms with Crippen LogP contribution in [0.3, 0.4) is 0 Å². The van der Waals surface area contributed by atoms with E-state index in [0.29, 0.717) is 79.5 Å². The highest BCUT2D eigenvalue weighted by Gasteiger charge is 2.41. The Morgan fingerprint density at radius 1 is 0.250 bits per heavy atom. The van der Waals surface area contributed by atoms with Crippen LogP contribution >= 0.6 is 75.8 Å². The van der Waals surface area contributed by atoms with E-state index in [1.807, 2.05) is 0 Å². The van der Waals surface area contributed by atoms with Crippen LogP contribution < -0.4 is 0 Å². The van der Waals surface area contributed by atoms with E-state index < -0.39 is 46.6 Å². The highest BCUT2D eigenvalue weighted by atomic mass is 32.1. The number of esters is 6. The molecule has 0 aliphatic rings. The van der Waals surface area contributed by atoms with Crippen LogP contribution in [0.25, 0.3) is 0 Å². The summed E-state index contributed by atoms with van der Waals surface area (Å²) in [7, 11) is 0. The van der Waals surface area contributed by atoms with Gasteiger partial charge in [-0.05, 0) is 112 Å². The fraction of sp³-hybridized carbons (Fsp3) is 0.867. The van der Waals surface area contributed by atoms with Gasteiger partial charge in [0.15, 0.2) is 0 Å². The first kappa shape index (κ1) is 62.9. The van der Waals surface area contributed by atoms with Gasteiger partial charge in [-0.2, -0.15) is 75.8 Å². The zero-order valence-electron chi connectivity index (χ0n) is 38.2. The molecule has 0 saturated carbocycles. The number of hydrogen-bond acceptors (Lipinski definition) is 19. The lowest BCUT2D eigenvalue weighted by Gasteiger charge is -2.35. The molecule has 0 aromatic heterocycles. The van der Waals surface area contributed by atoms with Gasteiger partial charge in [-0.15, -0.1) is 0 Å². The Labute approximate surface area is 416 Å². The molecule has 0 radical (unpaired) electrons. The third-order valence-electron chi connectivity index (χ3n) is 10.0. The second-order valence-corrected chi connectivity index (χ2v) is 19.0. The van der Waals surface area contributed by atoms with Crippen molar-refractivity contribution in [2.24, 2.45) is 10.8 Å². The van der Waals surface area contributed by atoms with Crippen molar-refractivity contribution >= 4 is 112 Å². The zero-order valence-corrected chi connectivity index (χ0v) is 43.5. The molecule has 0 atom stereocenters. The van der Waals surface area contributed by atoms with E-state index in [0.717, 1.165) is 64.2 Å². The molecule has 0 aliphatic heterocycles. The Kier molecular flexibility index (Phi) is 42.4. The molecule has 0 aliphatic carbocycles. The summed E-state index contributed by atoms with van der Waals surface area (Å²) in [5, 5.41) is 0. The summed E-state index contributed by atoms with van der Waals surface area (Å²) in [4.78, 5) is 78.3. The number of carbonyl (C=O) groups excluding carboxylic acids is 6. The smallest absolute Gasteiger partial charge is 0.305 e. The van der Waals surface area contributed by atoms with Crippen LogP contribution in [-0.4, -0.2) is 123 Å². The molecule has 0 rings (SSSR count). The Bertz CT molecular complexity index is 1150. The van der Waals surface area contributed by atoms with Crippen LogP contribution in [0.4, 0.5) is 0 Å². The molecule has 0 aromatic carbocycles. The molecule has 13 nitrogen and oxygen atoms in total. The maximum absolute atomic E-state index is 13.1. The second-order valence-electron chi connectivity index (χ2n) is 16.3. The lowest BCUT2D eigenvalue weighted by molar-refractivity contribution is -0.175. The lowest BCUT2D eigenvalue weighted by atomic mass is 9.90. The highest BCUT2D eigenvalue weighted by Crippen LogP contribution is 2.27. The molecule has 0 spiro atoms. The molecular formula is C45H80O13S6. The third-order valence-corrected chi connectivity index (χ3v) is 11.9. The maximum atomic E-state index is 13.1. The van der Waals surface area contributed by atoms with Crippen LogP contribution in [0, 0.1) is 10.8 Å². The third kappa shape index (κ3) is 36.0. The molecule has 0 fully saturated rings. The lowest BCUT2D eigenvalue weighted by Crippen LogP contribution is -2.47. The van der Waals surface area contributed by atoms with E-state index in [4.69, 9.17) is 33.2 Å². The number of unbranched alkanes of at least 4 members (excludes halogenated alkanes) is 11. The molecular weight excluding hydrogens is 941 g/mol. The van der Waals surface area contributed by atoms with E-state index in [9.17, 15) is 28.8 Å². The van der Waals surface area contributed by atoms with Gasteiger partial charge in [0.1, 0.15) is 39.6 Å². The molecule has 0 amide bonds. The zero-order chi connectivity index (χ0) is 47.6. The predicted molar refractivity (Wildman–Crippen MR) is 271 cm³/mol. The number of ether oxygens (including phenoxy) is 7. The minimum Gasteiger partial charge on any atom is -0.465 e. The molecule has 374 valence electrons. The molecule has 0 aromatic rings. The first-order chi connectivity index (χ1) is 30.9. The van der Waals surface area contributed by atoms with Crippen LogP contribution in [0.1, 0.15) is 148 Å². The first-order valence-electron chi connectivity index (χ1n) is 23.1. The van der Waals surface area contributed by atoms with E-state index >= 15 is 0 Å². The van der Waals surface area contributed by atoms with Crippen molar-refractivity contribution in [3.8, 4) is 0 Å². The predicted octanol–water partition coefficient (Wildman–Crippen LogP) is 8.79. The van der Waals surface area contributed by atoms with Gasteiger partial charge in [0.2, 0.25) is 0 Å². The van der Waals surface area contributed by atoms with Gasteiger partial charge in [-0.25, -0.2) is 0 Å². The van der Waals surface area contributed by atoms with E-state index in [1.54, 1.807) is 0 Å². The minimum atomic E-state index is -1.39. The summed E-state index contributed by atoms with van der Waals surface area (Å²) in [6.07, 6.45) is 13.1. The molecule has 0 bridgehead atoms. The quantitative estimate of drug-likeness (QED) is 0.0149. The van der Waals surface area contributed by atoms with Gasteiger partial charge in [0.25, 0.3) is 0 Å². The Morgan fingerprint density at radius 2 is 0.422 bits per heavy atom. The Hall–Kier alpha value is -1.12. The van der Waals surface area contributed by atoms with Crippen LogP contribution in [0.15, 0.2) is 0 Å². The van der Waals surface area contributed by atoms with Crippen molar-refractivity contribution in [2.75, 3.05) is 87.4 Å². The number of carbonyl (C=O) groups is 6. The van der Waals surface area contributed by atoms with Crippen molar-refractivity contribution in [3.63, 3.8) is 0 Å². The van der Waals surface area contributed by atoms with E-state index in [1.165, 1.54) is 0 Å². The van der Waals surface area contributed by atoms with Crippen LogP contribution in [0.5, 0.6) is 0 Å². The van der Waals surface area contributed by atoms with Gasteiger partial charge < -0.3 is 33.2 Å². The van der Waals surface area contributed by atoms with Crippen molar-refractivity contribution in [2.45, 2.75) is 148 Å². The SMILES string of the molecule is O=C(CCCCS)OCC(COCC(COC(=O)CCCCCS)(COC(=O)CCCCCS)COC(=O)CCCCCS)(COC(=O)CCCCCS)COC(=O)CCCCCS. The standard InChI is InChI=1S/C45H80O13S6/c46-38(18-6-1-12-24-59)53-32-44(33-54-39(47)19-7-2-13-25-60,34-55-40(48)20-8-3-14-26-61)30-52-31-45(37-58-43(51)23-11-17-29-64,35-56-41(49)21-9-4-15-27-62)36-57-42(50)22-10-5-16-28-63/h59-64H,1-37H2. The van der Waals surface area contributed by atoms with E-state index in [2.05, 4.69) is 75.8 Å². The van der Waals surface area contributed by atoms with Crippen molar-refractivity contribution in [1.82, 2.24) is 0 Å². The summed E-state index contributed by atoms with van der Waals surface area (Å²) in [5.74, 6) is 1.13. The summed E-state index contributed by atoms with van der Waals surface area (Å²) in [6, 6.07) is 0.